The van der Waals surface area contributed by atoms with E-state index in [9.17, 15) is 14.4 Å². The number of hydrogen-bond donors (Lipinski definition) is 2. The molecule has 0 aromatic heterocycles. The molecule has 2 fully saturated rings. The minimum atomic E-state index is -2.15. The van der Waals surface area contributed by atoms with Gasteiger partial charge in [-0.05, 0) is 0 Å². The topological polar surface area (TPSA) is 109 Å². The van der Waals surface area contributed by atoms with E-state index in [4.69, 9.17) is 14.9 Å². The summed E-state index contributed by atoms with van der Waals surface area (Å²) in [7, 11) is 1.31. The van der Waals surface area contributed by atoms with E-state index >= 15 is 0 Å². The molecule has 2 heterocycles. The molecule has 8 nitrogen and oxygen atoms in total. The summed E-state index contributed by atoms with van der Waals surface area (Å²) < 4.78 is 9.63. The van der Waals surface area contributed by atoms with Gasteiger partial charge in [-0.2, -0.15) is 0 Å². The molecule has 16 heavy (non-hydrogen) atoms. The Morgan fingerprint density at radius 1 is 1.25 bits per heavy atom. The summed E-state index contributed by atoms with van der Waals surface area (Å²) in [6.07, 6.45) is -0.288. The molecule has 86 valence electrons. The van der Waals surface area contributed by atoms with Crippen LogP contribution in [-0.4, -0.2) is 41.7 Å². The highest BCUT2D eigenvalue weighted by Gasteiger charge is 2.58. The Balaban J connectivity index is 2.41. The van der Waals surface area contributed by atoms with Crippen molar-refractivity contribution in [3.8, 4) is 0 Å². The Morgan fingerprint density at radius 2 is 1.75 bits per heavy atom. The maximum Gasteiger partial charge on any atom is 0.429 e. The van der Waals surface area contributed by atoms with Gasteiger partial charge in [-0.15, -0.1) is 0 Å². The lowest BCUT2D eigenvalue weighted by Gasteiger charge is -2.29. The van der Waals surface area contributed by atoms with Crippen LogP contribution in [-0.2, 0) is 23.9 Å². The molecular weight excluding hydrogens is 218 g/mol. The summed E-state index contributed by atoms with van der Waals surface area (Å²) in [5.74, 6) is -4.75. The fraction of sp³-hybridized carbons (Fsp3) is 0.500. The number of guanidine groups is 1. The van der Waals surface area contributed by atoms with Gasteiger partial charge < -0.3 is 9.47 Å². The summed E-state index contributed by atoms with van der Waals surface area (Å²) >= 11 is 0. The number of nitrogens with one attached hydrogen (secondary N) is 2. The fourth-order valence-electron chi connectivity index (χ4n) is 1.44. The van der Waals surface area contributed by atoms with E-state index in [1.807, 2.05) is 0 Å². The average Bonchev–Trinajstić information content (AvgIpc) is 2.39. The average molecular weight is 227 g/mol. The molecule has 0 atom stereocenters. The zero-order valence-corrected chi connectivity index (χ0v) is 8.40. The molecule has 0 saturated carbocycles. The zero-order valence-electron chi connectivity index (χ0n) is 8.40. The third-order valence-corrected chi connectivity index (χ3v) is 2.33. The predicted molar refractivity (Wildman–Crippen MR) is 47.8 cm³/mol. The molecule has 1 spiro atoms. The molecule has 0 unspecified atom stereocenters. The number of nitrogens with zero attached hydrogens (tertiary/aromatic N) is 1. The van der Waals surface area contributed by atoms with Crippen LogP contribution >= 0.6 is 0 Å². The van der Waals surface area contributed by atoms with Gasteiger partial charge in [-0.3, -0.25) is 30.0 Å². The standard InChI is InChI=1S/C8H9N3O5/c1-11-7(9)10-6(14)8(11)15-4(12)2-3-5(13)16-8/h2-3H2,1H3,(H2,9,10,14). The lowest BCUT2D eigenvalue weighted by atomic mass is 10.3. The first kappa shape index (κ1) is 10.4. The molecule has 2 aliphatic heterocycles. The lowest BCUT2D eigenvalue weighted by molar-refractivity contribution is -0.246. The molecular formula is C8H9N3O5. The summed E-state index contributed by atoms with van der Waals surface area (Å²) in [5, 5.41) is 9.47. The molecule has 2 saturated heterocycles. The number of rotatable bonds is 0. The second-order valence-electron chi connectivity index (χ2n) is 3.39. The van der Waals surface area contributed by atoms with Crippen molar-refractivity contribution in [3.05, 3.63) is 0 Å². The van der Waals surface area contributed by atoms with E-state index in [2.05, 4.69) is 5.32 Å². The molecule has 2 aliphatic rings. The normalized spacial score (nSPS) is 23.9. The maximum absolute atomic E-state index is 11.6. The van der Waals surface area contributed by atoms with Crippen molar-refractivity contribution < 1.29 is 23.9 Å². The zero-order chi connectivity index (χ0) is 11.9. The van der Waals surface area contributed by atoms with Crippen molar-refractivity contribution >= 4 is 23.8 Å². The van der Waals surface area contributed by atoms with Crippen LogP contribution in [0, 0.1) is 5.41 Å². The SMILES string of the molecule is CN1C(=N)NC(=O)C12OC(=O)CCC(=O)O2. The van der Waals surface area contributed by atoms with E-state index < -0.39 is 23.8 Å². The largest absolute Gasteiger partial charge is 0.429 e. The maximum atomic E-state index is 11.6. The Bertz CT molecular complexity index is 386. The quantitative estimate of drug-likeness (QED) is 0.488. The minimum absolute atomic E-state index is 0.144. The van der Waals surface area contributed by atoms with E-state index in [0.29, 0.717) is 0 Å². The van der Waals surface area contributed by atoms with E-state index in [1.54, 1.807) is 0 Å². The number of amides is 1. The number of likely N-dealkylation sites (N-methyl/N-ethyl adjacent to an activating group) is 1. The van der Waals surface area contributed by atoms with E-state index in [1.165, 1.54) is 7.05 Å². The molecule has 0 radical (unpaired) electrons. The second kappa shape index (κ2) is 3.19. The third-order valence-electron chi connectivity index (χ3n) is 2.33. The van der Waals surface area contributed by atoms with Crippen molar-refractivity contribution in [1.82, 2.24) is 10.2 Å². The van der Waals surface area contributed by atoms with Gasteiger partial charge in [0, 0.05) is 7.05 Å². The molecule has 2 rings (SSSR count). The number of carbonyl (C=O) groups excluding carboxylic acids is 3. The van der Waals surface area contributed by atoms with Gasteiger partial charge in [0.05, 0.1) is 12.8 Å². The van der Waals surface area contributed by atoms with Crippen LogP contribution in [0.25, 0.3) is 0 Å². The number of carbonyl (C=O) groups is 3. The first-order valence-corrected chi connectivity index (χ1v) is 4.53. The van der Waals surface area contributed by atoms with Crippen LogP contribution in [0.1, 0.15) is 12.8 Å². The highest BCUT2D eigenvalue weighted by Crippen LogP contribution is 2.27. The van der Waals surface area contributed by atoms with Gasteiger partial charge in [-0.1, -0.05) is 0 Å². The van der Waals surface area contributed by atoms with Crippen molar-refractivity contribution in [2.45, 2.75) is 18.8 Å². The number of ether oxygens (including phenoxy) is 2. The van der Waals surface area contributed by atoms with Crippen LogP contribution in [0.5, 0.6) is 0 Å². The van der Waals surface area contributed by atoms with E-state index in [-0.39, 0.29) is 18.8 Å². The van der Waals surface area contributed by atoms with Crippen LogP contribution in [0.15, 0.2) is 0 Å². The van der Waals surface area contributed by atoms with Crippen molar-refractivity contribution in [2.24, 2.45) is 0 Å². The highest BCUT2D eigenvalue weighted by atomic mass is 16.8. The molecule has 0 aromatic rings. The smallest absolute Gasteiger partial charge is 0.396 e. The summed E-state index contributed by atoms with van der Waals surface area (Å²) in [5.41, 5.74) is 0. The highest BCUT2D eigenvalue weighted by molar-refractivity contribution is 6.07. The Kier molecular flexibility index (Phi) is 2.07. The molecule has 0 aliphatic carbocycles. The second-order valence-corrected chi connectivity index (χ2v) is 3.39. The minimum Gasteiger partial charge on any atom is -0.396 e. The van der Waals surface area contributed by atoms with Crippen molar-refractivity contribution in [3.63, 3.8) is 0 Å². The van der Waals surface area contributed by atoms with Gasteiger partial charge in [0.25, 0.3) is 0 Å². The Hall–Kier alpha value is -2.12. The first-order chi connectivity index (χ1) is 7.45. The number of hydrogen-bond acceptors (Lipinski definition) is 6. The van der Waals surface area contributed by atoms with Gasteiger partial charge >= 0.3 is 23.8 Å². The van der Waals surface area contributed by atoms with E-state index in [0.717, 1.165) is 4.90 Å². The molecule has 8 heteroatoms. The summed E-state index contributed by atoms with van der Waals surface area (Å²) in [4.78, 5) is 35.0. The van der Waals surface area contributed by atoms with Crippen molar-refractivity contribution in [1.29, 1.82) is 5.41 Å². The van der Waals surface area contributed by atoms with Crippen LogP contribution in [0.2, 0.25) is 0 Å². The van der Waals surface area contributed by atoms with Crippen LogP contribution in [0.4, 0.5) is 0 Å². The van der Waals surface area contributed by atoms with Crippen LogP contribution in [0.3, 0.4) is 0 Å². The van der Waals surface area contributed by atoms with Crippen molar-refractivity contribution in [2.75, 3.05) is 7.05 Å². The third kappa shape index (κ3) is 1.30. The predicted octanol–water partition coefficient (Wildman–Crippen LogP) is -1.48. The van der Waals surface area contributed by atoms with Gasteiger partial charge in [-0.25, -0.2) is 0 Å². The first-order valence-electron chi connectivity index (χ1n) is 4.53. The lowest BCUT2D eigenvalue weighted by Crippen LogP contribution is -2.53. The Morgan fingerprint density at radius 3 is 2.12 bits per heavy atom. The molecule has 0 bridgehead atoms. The molecule has 0 aromatic carbocycles. The van der Waals surface area contributed by atoms with Gasteiger partial charge in [0.1, 0.15) is 0 Å². The van der Waals surface area contributed by atoms with Gasteiger partial charge in [0.15, 0.2) is 0 Å². The summed E-state index contributed by atoms with van der Waals surface area (Å²) in [6, 6.07) is 0. The number of esters is 2. The monoisotopic (exact) mass is 227 g/mol. The molecule has 1 amide bonds. The van der Waals surface area contributed by atoms with Crippen LogP contribution < -0.4 is 5.32 Å². The Labute approximate surface area is 90.0 Å². The summed E-state index contributed by atoms with van der Waals surface area (Å²) in [6.45, 7) is 0. The van der Waals surface area contributed by atoms with Gasteiger partial charge in [0.2, 0.25) is 5.96 Å². The fourth-order valence-corrected chi connectivity index (χ4v) is 1.44. The molecule has 2 N–H and O–H groups in total.